The molecule has 0 bridgehead atoms. The molecule has 0 spiro atoms. The van der Waals surface area contributed by atoms with Gasteiger partial charge in [-0.05, 0) is 38.5 Å². The fourth-order valence-electron chi connectivity index (χ4n) is 2.92. The zero-order chi connectivity index (χ0) is 13.9. The summed E-state index contributed by atoms with van der Waals surface area (Å²) in [7, 11) is 0. The third-order valence-corrected chi connectivity index (χ3v) is 4.03. The maximum absolute atomic E-state index is 12.4. The van der Waals surface area contributed by atoms with E-state index in [-0.39, 0.29) is 12.2 Å². The minimum Gasteiger partial charge on any atom is -0.323 e. The minimum atomic E-state index is 0.0272. The lowest BCUT2D eigenvalue weighted by Gasteiger charge is -2.30. The van der Waals surface area contributed by atoms with Gasteiger partial charge in [0.05, 0.1) is 12.2 Å². The molecule has 3 nitrogen and oxygen atoms in total. The van der Waals surface area contributed by atoms with Crippen LogP contribution in [0.4, 0.5) is 0 Å². The van der Waals surface area contributed by atoms with Crippen LogP contribution in [0, 0.1) is 11.8 Å². The van der Waals surface area contributed by atoms with Crippen LogP contribution in [0.3, 0.4) is 0 Å². The Bertz CT molecular complexity index is 278. The molecule has 1 aliphatic rings. The first-order valence-corrected chi connectivity index (χ1v) is 7.45. The van der Waals surface area contributed by atoms with Crippen molar-refractivity contribution in [3.8, 4) is 0 Å². The molecule has 4 atom stereocenters. The summed E-state index contributed by atoms with van der Waals surface area (Å²) >= 11 is 0. The van der Waals surface area contributed by atoms with Gasteiger partial charge < -0.3 is 4.90 Å². The molecule has 1 amide bonds. The van der Waals surface area contributed by atoms with Gasteiger partial charge in [0.25, 0.3) is 0 Å². The van der Waals surface area contributed by atoms with Crippen LogP contribution in [0.5, 0.6) is 0 Å². The normalized spacial score (nSPS) is 27.9. The predicted octanol–water partition coefficient (Wildman–Crippen LogP) is 3.00. The van der Waals surface area contributed by atoms with Gasteiger partial charge in [0.15, 0.2) is 0 Å². The van der Waals surface area contributed by atoms with Crippen molar-refractivity contribution in [3.63, 3.8) is 0 Å². The van der Waals surface area contributed by atoms with Gasteiger partial charge in [-0.3, -0.25) is 10.1 Å². The highest BCUT2D eigenvalue weighted by molar-refractivity contribution is 5.84. The van der Waals surface area contributed by atoms with Gasteiger partial charge in [-0.25, -0.2) is 0 Å². The summed E-state index contributed by atoms with van der Waals surface area (Å²) in [6, 6.07) is 0.367. The van der Waals surface area contributed by atoms with E-state index in [4.69, 9.17) is 0 Å². The van der Waals surface area contributed by atoms with E-state index in [9.17, 15) is 4.79 Å². The summed E-state index contributed by atoms with van der Waals surface area (Å²) in [6.07, 6.45) is 3.41. The molecule has 0 aromatic rings. The van der Waals surface area contributed by atoms with Crippen LogP contribution in [0.1, 0.15) is 60.8 Å². The Labute approximate surface area is 112 Å². The molecule has 0 aromatic heterocycles. The number of nitrogens with one attached hydrogen (secondary N) is 1. The standard InChI is InChI=1S/C15H30N2O/c1-7-11(4)9-12(5)17-13(6)16-14(15(17)18)8-10(2)3/h10-14,16H,7-9H2,1-6H3. The predicted molar refractivity (Wildman–Crippen MR) is 76.2 cm³/mol. The third kappa shape index (κ3) is 3.71. The van der Waals surface area contributed by atoms with Gasteiger partial charge in [0.2, 0.25) is 5.91 Å². The summed E-state index contributed by atoms with van der Waals surface area (Å²) in [4.78, 5) is 14.5. The Hall–Kier alpha value is -0.570. The molecule has 0 radical (unpaired) electrons. The molecule has 1 saturated heterocycles. The lowest BCUT2D eigenvalue weighted by atomic mass is 9.98. The Morgan fingerprint density at radius 1 is 1.28 bits per heavy atom. The molecule has 0 aromatic carbocycles. The van der Waals surface area contributed by atoms with E-state index in [0.29, 0.717) is 23.8 Å². The molecule has 0 saturated carbocycles. The molecule has 1 aliphatic heterocycles. The second kappa shape index (κ2) is 6.55. The van der Waals surface area contributed by atoms with E-state index in [1.807, 2.05) is 0 Å². The van der Waals surface area contributed by atoms with Gasteiger partial charge in [0.1, 0.15) is 0 Å². The molecule has 3 heteroatoms. The molecular formula is C15H30N2O. The average molecular weight is 254 g/mol. The topological polar surface area (TPSA) is 32.3 Å². The Kier molecular flexibility index (Phi) is 5.64. The molecule has 0 aliphatic carbocycles. The first-order chi connectivity index (χ1) is 8.36. The van der Waals surface area contributed by atoms with E-state index in [2.05, 4.69) is 51.8 Å². The maximum atomic E-state index is 12.4. The third-order valence-electron chi connectivity index (χ3n) is 4.03. The molecule has 1 N–H and O–H groups in total. The van der Waals surface area contributed by atoms with Crippen LogP contribution in [-0.4, -0.2) is 29.1 Å². The van der Waals surface area contributed by atoms with Crippen molar-refractivity contribution in [2.45, 2.75) is 79.1 Å². The Morgan fingerprint density at radius 3 is 2.39 bits per heavy atom. The van der Waals surface area contributed by atoms with Gasteiger partial charge >= 0.3 is 0 Å². The average Bonchev–Trinajstić information content (AvgIpc) is 2.53. The summed E-state index contributed by atoms with van der Waals surface area (Å²) < 4.78 is 0. The lowest BCUT2D eigenvalue weighted by molar-refractivity contribution is -0.132. The first-order valence-electron chi connectivity index (χ1n) is 7.45. The van der Waals surface area contributed by atoms with Crippen LogP contribution in [-0.2, 0) is 4.79 Å². The SMILES string of the molecule is CCC(C)CC(C)N1C(=O)C(CC(C)C)NC1C. The number of amides is 1. The fraction of sp³-hybridized carbons (Fsp3) is 0.933. The van der Waals surface area contributed by atoms with Crippen LogP contribution in [0.15, 0.2) is 0 Å². The van der Waals surface area contributed by atoms with Crippen molar-refractivity contribution < 1.29 is 4.79 Å². The zero-order valence-corrected chi connectivity index (χ0v) is 12.9. The summed E-state index contributed by atoms with van der Waals surface area (Å²) in [5, 5.41) is 3.43. The second-order valence-corrected chi connectivity index (χ2v) is 6.37. The monoisotopic (exact) mass is 254 g/mol. The van der Waals surface area contributed by atoms with Crippen molar-refractivity contribution in [1.82, 2.24) is 10.2 Å². The van der Waals surface area contributed by atoms with Crippen molar-refractivity contribution in [2.24, 2.45) is 11.8 Å². The molecule has 1 fully saturated rings. The van der Waals surface area contributed by atoms with E-state index < -0.39 is 0 Å². The fourth-order valence-corrected chi connectivity index (χ4v) is 2.92. The number of rotatable bonds is 6. The number of nitrogens with zero attached hydrogens (tertiary/aromatic N) is 1. The maximum Gasteiger partial charge on any atom is 0.241 e. The van der Waals surface area contributed by atoms with Gasteiger partial charge in [-0.1, -0.05) is 34.1 Å². The highest BCUT2D eigenvalue weighted by Crippen LogP contribution is 2.23. The van der Waals surface area contributed by atoms with Crippen molar-refractivity contribution in [3.05, 3.63) is 0 Å². The Balaban J connectivity index is 2.63. The molecule has 1 rings (SSSR count). The summed E-state index contributed by atoms with van der Waals surface area (Å²) in [6.45, 7) is 13.1. The van der Waals surface area contributed by atoms with Crippen LogP contribution < -0.4 is 5.32 Å². The highest BCUT2D eigenvalue weighted by atomic mass is 16.2. The van der Waals surface area contributed by atoms with Crippen molar-refractivity contribution >= 4 is 5.91 Å². The number of hydrogen-bond acceptors (Lipinski definition) is 2. The number of hydrogen-bond donors (Lipinski definition) is 1. The van der Waals surface area contributed by atoms with E-state index in [0.717, 1.165) is 12.8 Å². The second-order valence-electron chi connectivity index (χ2n) is 6.37. The molecule has 18 heavy (non-hydrogen) atoms. The van der Waals surface area contributed by atoms with E-state index >= 15 is 0 Å². The lowest BCUT2D eigenvalue weighted by Crippen LogP contribution is -2.42. The largest absolute Gasteiger partial charge is 0.323 e. The quantitative estimate of drug-likeness (QED) is 0.790. The van der Waals surface area contributed by atoms with Crippen LogP contribution in [0.25, 0.3) is 0 Å². The van der Waals surface area contributed by atoms with E-state index in [1.165, 1.54) is 6.42 Å². The zero-order valence-electron chi connectivity index (χ0n) is 12.9. The number of carbonyl (C=O) groups is 1. The summed E-state index contributed by atoms with van der Waals surface area (Å²) in [5.41, 5.74) is 0. The number of carbonyl (C=O) groups excluding carboxylic acids is 1. The smallest absolute Gasteiger partial charge is 0.241 e. The summed E-state index contributed by atoms with van der Waals surface area (Å²) in [5.74, 6) is 1.54. The van der Waals surface area contributed by atoms with Gasteiger partial charge in [-0.15, -0.1) is 0 Å². The van der Waals surface area contributed by atoms with Crippen molar-refractivity contribution in [2.75, 3.05) is 0 Å². The van der Waals surface area contributed by atoms with Crippen LogP contribution in [0.2, 0.25) is 0 Å². The minimum absolute atomic E-state index is 0.0272. The molecular weight excluding hydrogens is 224 g/mol. The van der Waals surface area contributed by atoms with Gasteiger partial charge in [-0.2, -0.15) is 0 Å². The Morgan fingerprint density at radius 2 is 1.89 bits per heavy atom. The molecule has 4 unspecified atom stereocenters. The van der Waals surface area contributed by atoms with Crippen LogP contribution >= 0.6 is 0 Å². The van der Waals surface area contributed by atoms with E-state index in [1.54, 1.807) is 0 Å². The first kappa shape index (κ1) is 15.5. The van der Waals surface area contributed by atoms with Gasteiger partial charge in [0, 0.05) is 6.04 Å². The van der Waals surface area contributed by atoms with Crippen molar-refractivity contribution in [1.29, 1.82) is 0 Å². The molecule has 106 valence electrons. The molecule has 1 heterocycles. The highest BCUT2D eigenvalue weighted by Gasteiger charge is 2.38.